The van der Waals surface area contributed by atoms with Gasteiger partial charge in [0.1, 0.15) is 11.4 Å². The molecule has 4 N–H and O–H groups in total. The van der Waals surface area contributed by atoms with E-state index in [0.29, 0.717) is 28.3 Å². The van der Waals surface area contributed by atoms with E-state index in [1.165, 1.54) is 43.1 Å². The molecule has 3 amide bonds. The summed E-state index contributed by atoms with van der Waals surface area (Å²) < 4.78 is 5.41. The Bertz CT molecular complexity index is 1660. The maximum absolute atomic E-state index is 13.5. The van der Waals surface area contributed by atoms with Gasteiger partial charge >= 0.3 is 5.97 Å². The van der Waals surface area contributed by atoms with Crippen LogP contribution in [0.4, 0.5) is 11.4 Å². The van der Waals surface area contributed by atoms with Crippen LogP contribution >= 0.6 is 11.8 Å². The van der Waals surface area contributed by atoms with Crippen LogP contribution in [-0.2, 0) is 9.59 Å². The van der Waals surface area contributed by atoms with Crippen LogP contribution in [0.15, 0.2) is 114 Å². The van der Waals surface area contributed by atoms with Crippen LogP contribution in [0.1, 0.15) is 33.2 Å². The molecule has 0 fully saturated rings. The summed E-state index contributed by atoms with van der Waals surface area (Å²) in [7, 11) is 1.52. The predicted octanol–water partition coefficient (Wildman–Crippen LogP) is 5.92. The summed E-state index contributed by atoms with van der Waals surface area (Å²) in [6.45, 7) is 1.74. The number of aromatic carboxylic acids is 1. The van der Waals surface area contributed by atoms with Crippen molar-refractivity contribution >= 4 is 52.9 Å². The number of hydrogen-bond acceptors (Lipinski definition) is 6. The minimum Gasteiger partial charge on any atom is -0.496 e. The molecule has 1 atom stereocenters. The van der Waals surface area contributed by atoms with Crippen LogP contribution in [0.3, 0.4) is 0 Å². The zero-order valence-electron chi connectivity index (χ0n) is 23.4. The van der Waals surface area contributed by atoms with Crippen molar-refractivity contribution in [1.82, 2.24) is 5.32 Å². The number of methoxy groups -OCH3 is 1. The van der Waals surface area contributed by atoms with E-state index in [0.717, 1.165) is 4.90 Å². The lowest BCUT2D eigenvalue weighted by atomic mass is 10.1. The SMILES string of the molecule is COc1ccccc1/C=C(/NC(=O)c1ccccc1)C(=O)Nc1cccc(SC(C)C(=O)Nc2ccc(C(=O)O)cc2)c1. The van der Waals surface area contributed by atoms with E-state index in [1.807, 2.05) is 6.07 Å². The van der Waals surface area contributed by atoms with Crippen molar-refractivity contribution in [3.63, 3.8) is 0 Å². The first kappa shape index (κ1) is 30.6. The van der Waals surface area contributed by atoms with Crippen LogP contribution < -0.4 is 20.7 Å². The maximum Gasteiger partial charge on any atom is 0.335 e. The highest BCUT2D eigenvalue weighted by Gasteiger charge is 2.18. The number of thioether (sulfide) groups is 1. The molecule has 0 bridgehead atoms. The van der Waals surface area contributed by atoms with Gasteiger partial charge in [-0.05, 0) is 73.7 Å². The van der Waals surface area contributed by atoms with Crippen molar-refractivity contribution in [3.05, 3.63) is 126 Å². The molecule has 9 nitrogen and oxygen atoms in total. The number of carbonyl (C=O) groups excluding carboxylic acids is 3. The fourth-order valence-corrected chi connectivity index (χ4v) is 4.85. The van der Waals surface area contributed by atoms with E-state index >= 15 is 0 Å². The van der Waals surface area contributed by atoms with Crippen LogP contribution in [0.25, 0.3) is 6.08 Å². The highest BCUT2D eigenvalue weighted by Crippen LogP contribution is 2.27. The molecule has 4 aromatic rings. The first-order chi connectivity index (χ1) is 20.7. The fraction of sp³-hybridized carbons (Fsp3) is 0.0909. The lowest BCUT2D eigenvalue weighted by molar-refractivity contribution is -0.115. The summed E-state index contributed by atoms with van der Waals surface area (Å²) in [5.74, 6) is -1.78. The van der Waals surface area contributed by atoms with Gasteiger partial charge < -0.3 is 25.8 Å². The second-order valence-electron chi connectivity index (χ2n) is 9.23. The normalized spacial score (nSPS) is 11.6. The first-order valence-corrected chi connectivity index (χ1v) is 14.0. The molecule has 218 valence electrons. The Morgan fingerprint density at radius 2 is 1.49 bits per heavy atom. The smallest absolute Gasteiger partial charge is 0.335 e. The lowest BCUT2D eigenvalue weighted by Crippen LogP contribution is -2.30. The minimum atomic E-state index is -1.05. The van der Waals surface area contributed by atoms with Crippen LogP contribution in [0.2, 0.25) is 0 Å². The van der Waals surface area contributed by atoms with Crippen molar-refractivity contribution in [1.29, 1.82) is 0 Å². The number of carboxylic acids is 1. The van der Waals surface area contributed by atoms with Crippen LogP contribution in [0, 0.1) is 0 Å². The van der Waals surface area contributed by atoms with E-state index in [4.69, 9.17) is 9.84 Å². The van der Waals surface area contributed by atoms with Gasteiger partial charge in [-0.25, -0.2) is 4.79 Å². The number of amides is 3. The fourth-order valence-electron chi connectivity index (χ4n) is 3.93. The number of benzene rings is 4. The summed E-state index contributed by atoms with van der Waals surface area (Å²) in [5, 5.41) is 16.9. The van der Waals surface area contributed by atoms with Crippen LogP contribution in [-0.4, -0.2) is 41.2 Å². The number of ether oxygens (including phenoxy) is 1. The minimum absolute atomic E-state index is 0.0121. The standard InChI is InChI=1S/C33H29N3O6S/c1-21(30(37)34-25-17-15-23(16-18-25)33(40)41)43-27-13-8-12-26(20-27)35-32(39)28(19-24-11-6-7-14-29(24)42-2)36-31(38)22-9-4-3-5-10-22/h3-21H,1-2H3,(H,34,37)(H,35,39)(H,36,38)(H,40,41)/b28-19+. The van der Waals surface area contributed by atoms with Crippen molar-refractivity contribution < 1.29 is 29.0 Å². The Labute approximate surface area is 253 Å². The topological polar surface area (TPSA) is 134 Å². The molecule has 0 heterocycles. The largest absolute Gasteiger partial charge is 0.496 e. The first-order valence-electron chi connectivity index (χ1n) is 13.2. The summed E-state index contributed by atoms with van der Waals surface area (Å²) in [5.41, 5.74) is 2.08. The Kier molecular flexibility index (Phi) is 10.3. The highest BCUT2D eigenvalue weighted by atomic mass is 32.2. The second kappa shape index (κ2) is 14.5. The molecule has 0 radical (unpaired) electrons. The molecule has 4 rings (SSSR count). The van der Waals surface area contributed by atoms with E-state index in [-0.39, 0.29) is 17.2 Å². The van der Waals surface area contributed by atoms with E-state index in [1.54, 1.807) is 85.8 Å². The molecule has 0 saturated carbocycles. The highest BCUT2D eigenvalue weighted by molar-refractivity contribution is 8.00. The van der Waals surface area contributed by atoms with E-state index in [2.05, 4.69) is 16.0 Å². The molecule has 43 heavy (non-hydrogen) atoms. The molecule has 0 saturated heterocycles. The average molecular weight is 596 g/mol. The van der Waals surface area contributed by atoms with E-state index < -0.39 is 23.0 Å². The van der Waals surface area contributed by atoms with Gasteiger partial charge in [-0.3, -0.25) is 14.4 Å². The molecule has 0 aromatic heterocycles. The Morgan fingerprint density at radius 3 is 2.19 bits per heavy atom. The third-order valence-electron chi connectivity index (χ3n) is 6.14. The molecule has 1 unspecified atom stereocenters. The molecular formula is C33H29N3O6S. The van der Waals surface area contributed by atoms with Gasteiger partial charge in [0.2, 0.25) is 5.91 Å². The zero-order chi connectivity index (χ0) is 30.8. The zero-order valence-corrected chi connectivity index (χ0v) is 24.2. The number of hydrogen-bond donors (Lipinski definition) is 4. The van der Waals surface area contributed by atoms with Gasteiger partial charge in [0, 0.05) is 27.4 Å². The number of nitrogens with one attached hydrogen (secondary N) is 3. The predicted molar refractivity (Wildman–Crippen MR) is 167 cm³/mol. The number of carbonyl (C=O) groups is 4. The van der Waals surface area contributed by atoms with Gasteiger partial charge in [0.05, 0.1) is 17.9 Å². The Balaban J connectivity index is 1.48. The van der Waals surface area contributed by atoms with Gasteiger partial charge in [0.25, 0.3) is 11.8 Å². The summed E-state index contributed by atoms with van der Waals surface area (Å²) in [6.07, 6.45) is 1.54. The quantitative estimate of drug-likeness (QED) is 0.125. The molecule has 4 aromatic carbocycles. The number of anilines is 2. The van der Waals surface area contributed by atoms with Crippen molar-refractivity contribution in [2.24, 2.45) is 0 Å². The number of rotatable bonds is 11. The monoisotopic (exact) mass is 595 g/mol. The van der Waals surface area contributed by atoms with Crippen molar-refractivity contribution in [2.45, 2.75) is 17.1 Å². The summed E-state index contributed by atoms with van der Waals surface area (Å²) in [4.78, 5) is 50.9. The van der Waals surface area contributed by atoms with Crippen molar-refractivity contribution in [3.8, 4) is 5.75 Å². The van der Waals surface area contributed by atoms with Gasteiger partial charge in [-0.2, -0.15) is 0 Å². The van der Waals surface area contributed by atoms with Gasteiger partial charge in [-0.15, -0.1) is 11.8 Å². The van der Waals surface area contributed by atoms with Gasteiger partial charge in [-0.1, -0.05) is 42.5 Å². The molecule has 0 aliphatic heterocycles. The summed E-state index contributed by atoms with van der Waals surface area (Å²) >= 11 is 1.29. The molecule has 0 spiro atoms. The Hall–Kier alpha value is -5.35. The second-order valence-corrected chi connectivity index (χ2v) is 10.6. The lowest BCUT2D eigenvalue weighted by Gasteiger charge is -2.14. The average Bonchev–Trinajstić information content (AvgIpc) is 3.01. The third kappa shape index (κ3) is 8.57. The number of carboxylic acid groups (broad SMARTS) is 1. The Morgan fingerprint density at radius 1 is 0.791 bits per heavy atom. The maximum atomic E-state index is 13.5. The third-order valence-corrected chi connectivity index (χ3v) is 7.23. The van der Waals surface area contributed by atoms with Crippen molar-refractivity contribution in [2.75, 3.05) is 17.7 Å². The molecule has 10 heteroatoms. The summed E-state index contributed by atoms with van der Waals surface area (Å²) in [6, 6.07) is 28.6. The molecule has 0 aliphatic carbocycles. The molecule has 0 aliphatic rings. The molecular weight excluding hydrogens is 566 g/mol. The van der Waals surface area contributed by atoms with Crippen LogP contribution in [0.5, 0.6) is 5.75 Å². The van der Waals surface area contributed by atoms with Gasteiger partial charge in [0.15, 0.2) is 0 Å². The number of para-hydroxylation sites is 1. The van der Waals surface area contributed by atoms with E-state index in [9.17, 15) is 19.2 Å².